The highest BCUT2D eigenvalue weighted by Crippen LogP contribution is 2.22. The van der Waals surface area contributed by atoms with Crippen LogP contribution in [0.5, 0.6) is 5.75 Å². The Morgan fingerprint density at radius 2 is 1.71 bits per heavy atom. The van der Waals surface area contributed by atoms with Crippen molar-refractivity contribution in [1.29, 1.82) is 0 Å². The summed E-state index contributed by atoms with van der Waals surface area (Å²) in [7, 11) is 0. The molecule has 0 aromatic heterocycles. The first-order valence-corrected chi connectivity index (χ1v) is 8.46. The first-order chi connectivity index (χ1) is 11.3. The van der Waals surface area contributed by atoms with Gasteiger partial charge in [-0.25, -0.2) is 0 Å². The minimum Gasteiger partial charge on any atom is -0.481 e. The maximum absolute atomic E-state index is 12.4. The number of halogens is 1. The van der Waals surface area contributed by atoms with Gasteiger partial charge < -0.3 is 10.1 Å². The van der Waals surface area contributed by atoms with E-state index in [2.05, 4.69) is 31.3 Å². The summed E-state index contributed by atoms with van der Waals surface area (Å²) in [6, 6.07) is 11.5. The number of ether oxygens (including phenoxy) is 1. The van der Waals surface area contributed by atoms with Crippen molar-refractivity contribution < 1.29 is 9.53 Å². The molecule has 2 rings (SSSR count). The fraction of sp³-hybridized carbons (Fsp3) is 0.350. The van der Waals surface area contributed by atoms with Gasteiger partial charge in [0.15, 0.2) is 6.10 Å². The number of carbonyl (C=O) groups excluding carboxylic acids is 1. The van der Waals surface area contributed by atoms with Gasteiger partial charge in [0, 0.05) is 5.02 Å². The third-order valence-electron chi connectivity index (χ3n) is 4.20. The van der Waals surface area contributed by atoms with Crippen LogP contribution in [0.25, 0.3) is 0 Å². The zero-order valence-corrected chi connectivity index (χ0v) is 15.6. The normalized spacial score (nSPS) is 13.2. The van der Waals surface area contributed by atoms with Crippen LogP contribution in [0.15, 0.2) is 36.4 Å². The van der Waals surface area contributed by atoms with E-state index in [1.54, 1.807) is 19.1 Å². The predicted octanol–water partition coefficient (Wildman–Crippen LogP) is 4.91. The van der Waals surface area contributed by atoms with E-state index in [1.165, 1.54) is 11.1 Å². The minimum absolute atomic E-state index is 0.0743. The fourth-order valence-corrected chi connectivity index (χ4v) is 2.51. The number of hydrogen-bond acceptors (Lipinski definition) is 2. The standard InChI is InChI=1S/C20H24ClNO2/c1-12-6-7-17(10-13(12)2)15(4)22-20(23)16(5)24-18-8-9-19(21)14(3)11-18/h6-11,15-16H,1-5H3,(H,22,23). The van der Waals surface area contributed by atoms with Crippen LogP contribution in [0.4, 0.5) is 0 Å². The van der Waals surface area contributed by atoms with E-state index in [-0.39, 0.29) is 11.9 Å². The molecule has 0 aliphatic heterocycles. The van der Waals surface area contributed by atoms with Crippen molar-refractivity contribution in [3.05, 3.63) is 63.7 Å². The Balaban J connectivity index is 1.99. The van der Waals surface area contributed by atoms with Crippen molar-refractivity contribution in [2.45, 2.75) is 46.8 Å². The van der Waals surface area contributed by atoms with E-state index in [0.717, 1.165) is 11.1 Å². The Kier molecular flexibility index (Phi) is 5.89. The average molecular weight is 346 g/mol. The van der Waals surface area contributed by atoms with E-state index in [9.17, 15) is 4.79 Å². The second-order valence-corrected chi connectivity index (χ2v) is 6.65. The highest BCUT2D eigenvalue weighted by Gasteiger charge is 2.18. The van der Waals surface area contributed by atoms with E-state index in [1.807, 2.05) is 26.0 Å². The number of aryl methyl sites for hydroxylation is 3. The lowest BCUT2D eigenvalue weighted by molar-refractivity contribution is -0.127. The lowest BCUT2D eigenvalue weighted by atomic mass is 10.0. The SMILES string of the molecule is Cc1ccc(C(C)NC(=O)C(C)Oc2ccc(Cl)c(C)c2)cc1C. The zero-order chi connectivity index (χ0) is 17.9. The van der Waals surface area contributed by atoms with Crippen LogP contribution < -0.4 is 10.1 Å². The summed E-state index contributed by atoms with van der Waals surface area (Å²) in [6.45, 7) is 9.77. The van der Waals surface area contributed by atoms with Gasteiger partial charge in [-0.2, -0.15) is 0 Å². The lowest BCUT2D eigenvalue weighted by Crippen LogP contribution is -2.37. The molecule has 0 aliphatic carbocycles. The summed E-state index contributed by atoms with van der Waals surface area (Å²) >= 11 is 6.01. The van der Waals surface area contributed by atoms with Gasteiger partial charge >= 0.3 is 0 Å². The highest BCUT2D eigenvalue weighted by molar-refractivity contribution is 6.31. The van der Waals surface area contributed by atoms with Crippen LogP contribution in [0.3, 0.4) is 0 Å². The zero-order valence-electron chi connectivity index (χ0n) is 14.8. The molecule has 3 nitrogen and oxygen atoms in total. The molecule has 128 valence electrons. The Labute approximate surface area is 149 Å². The molecular weight excluding hydrogens is 322 g/mol. The van der Waals surface area contributed by atoms with E-state index in [0.29, 0.717) is 10.8 Å². The van der Waals surface area contributed by atoms with Gasteiger partial charge in [-0.1, -0.05) is 29.8 Å². The summed E-state index contributed by atoms with van der Waals surface area (Å²) < 4.78 is 5.72. The lowest BCUT2D eigenvalue weighted by Gasteiger charge is -2.20. The second-order valence-electron chi connectivity index (χ2n) is 6.25. The van der Waals surface area contributed by atoms with Crippen molar-refractivity contribution in [2.75, 3.05) is 0 Å². The van der Waals surface area contributed by atoms with Gasteiger partial charge in [0.25, 0.3) is 5.91 Å². The molecule has 0 heterocycles. The molecule has 2 aromatic rings. The molecule has 0 aliphatic rings. The minimum atomic E-state index is -0.584. The predicted molar refractivity (Wildman–Crippen MR) is 98.8 cm³/mol. The average Bonchev–Trinajstić information content (AvgIpc) is 2.53. The summed E-state index contributed by atoms with van der Waals surface area (Å²) in [5.41, 5.74) is 4.47. The second kappa shape index (κ2) is 7.71. The smallest absolute Gasteiger partial charge is 0.261 e. The largest absolute Gasteiger partial charge is 0.481 e. The molecule has 2 aromatic carbocycles. The van der Waals surface area contributed by atoms with Crippen molar-refractivity contribution in [3.8, 4) is 5.75 Å². The molecular formula is C20H24ClNO2. The molecule has 0 saturated heterocycles. The Bertz CT molecular complexity index is 742. The van der Waals surface area contributed by atoms with Crippen molar-refractivity contribution in [2.24, 2.45) is 0 Å². The first kappa shape index (κ1) is 18.3. The van der Waals surface area contributed by atoms with Crippen molar-refractivity contribution in [3.63, 3.8) is 0 Å². The fourth-order valence-electron chi connectivity index (χ4n) is 2.40. The number of hydrogen-bond donors (Lipinski definition) is 1. The molecule has 0 radical (unpaired) electrons. The molecule has 2 unspecified atom stereocenters. The van der Waals surface area contributed by atoms with Gasteiger partial charge in [-0.05, 0) is 75.1 Å². The third kappa shape index (κ3) is 4.51. The molecule has 24 heavy (non-hydrogen) atoms. The summed E-state index contributed by atoms with van der Waals surface area (Å²) in [4.78, 5) is 12.4. The van der Waals surface area contributed by atoms with Crippen molar-refractivity contribution in [1.82, 2.24) is 5.32 Å². The quantitative estimate of drug-likeness (QED) is 0.836. The maximum atomic E-state index is 12.4. The molecule has 1 amide bonds. The first-order valence-electron chi connectivity index (χ1n) is 8.08. The van der Waals surface area contributed by atoms with Crippen LogP contribution in [0, 0.1) is 20.8 Å². The summed E-state index contributed by atoms with van der Waals surface area (Å²) in [6.07, 6.45) is -0.584. The third-order valence-corrected chi connectivity index (χ3v) is 4.63. The van der Waals surface area contributed by atoms with E-state index < -0.39 is 6.10 Å². The molecule has 2 atom stereocenters. The van der Waals surface area contributed by atoms with Gasteiger partial charge in [-0.15, -0.1) is 0 Å². The number of carbonyl (C=O) groups is 1. The topological polar surface area (TPSA) is 38.3 Å². The molecule has 0 saturated carbocycles. The highest BCUT2D eigenvalue weighted by atomic mass is 35.5. The van der Waals surface area contributed by atoms with Crippen LogP contribution in [0.2, 0.25) is 5.02 Å². The Hall–Kier alpha value is -2.00. The number of rotatable bonds is 5. The van der Waals surface area contributed by atoms with Gasteiger partial charge in [0.2, 0.25) is 0 Å². The van der Waals surface area contributed by atoms with Crippen LogP contribution in [0.1, 0.15) is 42.1 Å². The Morgan fingerprint density at radius 1 is 1.00 bits per heavy atom. The van der Waals surface area contributed by atoms with Gasteiger partial charge in [-0.3, -0.25) is 4.79 Å². The van der Waals surface area contributed by atoms with Crippen LogP contribution in [-0.2, 0) is 4.79 Å². The summed E-state index contributed by atoms with van der Waals surface area (Å²) in [5, 5.41) is 3.68. The van der Waals surface area contributed by atoms with Crippen LogP contribution >= 0.6 is 11.6 Å². The molecule has 1 N–H and O–H groups in total. The molecule has 0 spiro atoms. The molecule has 0 bridgehead atoms. The Morgan fingerprint density at radius 3 is 2.33 bits per heavy atom. The van der Waals surface area contributed by atoms with Gasteiger partial charge in [0.1, 0.15) is 5.75 Å². The van der Waals surface area contributed by atoms with Gasteiger partial charge in [0.05, 0.1) is 6.04 Å². The monoisotopic (exact) mass is 345 g/mol. The van der Waals surface area contributed by atoms with Crippen LogP contribution in [-0.4, -0.2) is 12.0 Å². The number of nitrogens with one attached hydrogen (secondary N) is 1. The number of benzene rings is 2. The number of amides is 1. The van der Waals surface area contributed by atoms with Crippen molar-refractivity contribution >= 4 is 17.5 Å². The van der Waals surface area contributed by atoms with E-state index >= 15 is 0 Å². The van der Waals surface area contributed by atoms with E-state index in [4.69, 9.17) is 16.3 Å². The molecule has 0 fully saturated rings. The molecule has 4 heteroatoms. The maximum Gasteiger partial charge on any atom is 0.261 e. The summed E-state index contributed by atoms with van der Waals surface area (Å²) in [5.74, 6) is 0.492.